The van der Waals surface area contributed by atoms with Gasteiger partial charge in [0.2, 0.25) is 11.8 Å². The molecule has 0 bridgehead atoms. The van der Waals surface area contributed by atoms with Crippen LogP contribution < -0.4 is 15.5 Å². The number of hydrogen-bond acceptors (Lipinski definition) is 3. The van der Waals surface area contributed by atoms with Crippen molar-refractivity contribution in [3.8, 4) is 0 Å². The van der Waals surface area contributed by atoms with Gasteiger partial charge in [0.1, 0.15) is 6.04 Å². The number of carbonyl (C=O) groups is 2. The van der Waals surface area contributed by atoms with E-state index in [9.17, 15) is 9.59 Å². The highest BCUT2D eigenvalue weighted by atomic mass is 35.5. The minimum Gasteiger partial charge on any atom is -0.344 e. The molecule has 0 saturated carbocycles. The van der Waals surface area contributed by atoms with E-state index >= 15 is 0 Å². The van der Waals surface area contributed by atoms with Crippen LogP contribution in [-0.4, -0.2) is 37.5 Å². The normalized spacial score (nSPS) is 24.2. The van der Waals surface area contributed by atoms with E-state index in [1.54, 1.807) is 4.90 Å². The predicted molar refractivity (Wildman–Crippen MR) is 97.5 cm³/mol. The van der Waals surface area contributed by atoms with Crippen molar-refractivity contribution in [1.82, 2.24) is 10.6 Å². The molecule has 2 saturated heterocycles. The number of amides is 2. The number of aryl methyl sites for hydroxylation is 1. The van der Waals surface area contributed by atoms with Crippen LogP contribution in [0.3, 0.4) is 0 Å². The summed E-state index contributed by atoms with van der Waals surface area (Å²) in [6.07, 6.45) is 3.56. The van der Waals surface area contributed by atoms with Gasteiger partial charge >= 0.3 is 0 Å². The monoisotopic (exact) mass is 351 g/mol. The molecule has 0 aromatic heterocycles. The fourth-order valence-electron chi connectivity index (χ4n) is 3.36. The summed E-state index contributed by atoms with van der Waals surface area (Å²) in [5, 5.41) is 6.23. The van der Waals surface area contributed by atoms with Crippen LogP contribution in [0.1, 0.15) is 31.2 Å². The number of rotatable bonds is 3. The zero-order chi connectivity index (χ0) is 16.2. The summed E-state index contributed by atoms with van der Waals surface area (Å²) in [4.78, 5) is 26.9. The molecule has 2 aliphatic heterocycles. The molecule has 0 radical (unpaired) electrons. The molecule has 6 heteroatoms. The summed E-state index contributed by atoms with van der Waals surface area (Å²) < 4.78 is 0. The van der Waals surface area contributed by atoms with Gasteiger partial charge in [0.05, 0.1) is 5.92 Å². The average Bonchev–Trinajstić information content (AvgIpc) is 2.58. The molecule has 1 aromatic rings. The van der Waals surface area contributed by atoms with Crippen molar-refractivity contribution in [2.45, 2.75) is 38.6 Å². The van der Waals surface area contributed by atoms with Crippen molar-refractivity contribution in [2.24, 2.45) is 5.92 Å². The summed E-state index contributed by atoms with van der Waals surface area (Å²) in [7, 11) is 0. The molecule has 0 spiro atoms. The van der Waals surface area contributed by atoms with Gasteiger partial charge in [-0.25, -0.2) is 0 Å². The summed E-state index contributed by atoms with van der Waals surface area (Å²) in [5.74, 6) is 0.0184. The van der Waals surface area contributed by atoms with Crippen LogP contribution >= 0.6 is 12.4 Å². The zero-order valence-electron chi connectivity index (χ0n) is 14.1. The van der Waals surface area contributed by atoms with E-state index in [-0.39, 0.29) is 36.2 Å². The molecule has 2 unspecified atom stereocenters. The fraction of sp³-hybridized carbons (Fsp3) is 0.556. The topological polar surface area (TPSA) is 61.4 Å². The fourth-order valence-corrected chi connectivity index (χ4v) is 3.36. The van der Waals surface area contributed by atoms with Gasteiger partial charge in [-0.05, 0) is 51.3 Å². The Bertz CT molecular complexity index is 570. The molecule has 1 aromatic carbocycles. The van der Waals surface area contributed by atoms with Crippen molar-refractivity contribution in [1.29, 1.82) is 0 Å². The maximum Gasteiger partial charge on any atom is 0.249 e. The molecule has 2 N–H and O–H groups in total. The van der Waals surface area contributed by atoms with Crippen LogP contribution in [0.2, 0.25) is 0 Å². The number of benzene rings is 1. The second-order valence-electron chi connectivity index (χ2n) is 6.57. The van der Waals surface area contributed by atoms with Crippen molar-refractivity contribution in [2.75, 3.05) is 24.5 Å². The first-order valence-electron chi connectivity index (χ1n) is 8.54. The lowest BCUT2D eigenvalue weighted by atomic mass is 9.97. The van der Waals surface area contributed by atoms with E-state index in [2.05, 4.69) is 10.6 Å². The second-order valence-corrected chi connectivity index (χ2v) is 6.57. The molecule has 2 atom stereocenters. The zero-order valence-corrected chi connectivity index (χ0v) is 14.9. The first kappa shape index (κ1) is 18.7. The number of piperidine rings is 2. The Hall–Kier alpha value is -1.59. The minimum atomic E-state index is -0.389. The van der Waals surface area contributed by atoms with E-state index < -0.39 is 0 Å². The quantitative estimate of drug-likeness (QED) is 0.876. The summed E-state index contributed by atoms with van der Waals surface area (Å²) in [6.45, 7) is 4.45. The summed E-state index contributed by atoms with van der Waals surface area (Å²) in [5.41, 5.74) is 2.09. The van der Waals surface area contributed by atoms with E-state index in [4.69, 9.17) is 0 Å². The standard InChI is InChI=1S/C18H25N3O2.ClH/c1-13-6-8-15(9-7-13)21-11-3-5-16(18(21)23)20-17(22)14-4-2-10-19-12-14;/h6-9,14,16,19H,2-5,10-12H2,1H3,(H,20,22);1H. The van der Waals surface area contributed by atoms with Crippen LogP contribution in [0.4, 0.5) is 5.69 Å². The number of halogens is 1. The number of carbonyl (C=O) groups excluding carboxylic acids is 2. The smallest absolute Gasteiger partial charge is 0.249 e. The van der Waals surface area contributed by atoms with Crippen LogP contribution in [0.25, 0.3) is 0 Å². The summed E-state index contributed by atoms with van der Waals surface area (Å²) >= 11 is 0. The lowest BCUT2D eigenvalue weighted by Gasteiger charge is -2.34. The third-order valence-electron chi connectivity index (χ3n) is 4.77. The number of anilines is 1. The Kier molecular flexibility index (Phi) is 6.63. The molecule has 2 amide bonds. The lowest BCUT2D eigenvalue weighted by Crippen LogP contribution is -2.54. The van der Waals surface area contributed by atoms with Gasteiger partial charge in [0.25, 0.3) is 0 Å². The van der Waals surface area contributed by atoms with E-state index in [0.29, 0.717) is 6.54 Å². The Morgan fingerprint density at radius 2 is 1.96 bits per heavy atom. The second kappa shape index (κ2) is 8.49. The highest BCUT2D eigenvalue weighted by Gasteiger charge is 2.32. The molecule has 2 aliphatic rings. The van der Waals surface area contributed by atoms with Crippen molar-refractivity contribution >= 4 is 29.9 Å². The number of nitrogens with zero attached hydrogens (tertiary/aromatic N) is 1. The summed E-state index contributed by atoms with van der Waals surface area (Å²) in [6, 6.07) is 7.58. The van der Waals surface area contributed by atoms with Gasteiger partial charge in [-0.1, -0.05) is 17.7 Å². The van der Waals surface area contributed by atoms with Gasteiger partial charge in [0.15, 0.2) is 0 Å². The van der Waals surface area contributed by atoms with Crippen LogP contribution in [-0.2, 0) is 9.59 Å². The number of hydrogen-bond donors (Lipinski definition) is 2. The third kappa shape index (κ3) is 4.28. The van der Waals surface area contributed by atoms with Gasteiger partial charge in [-0.2, -0.15) is 0 Å². The molecule has 5 nitrogen and oxygen atoms in total. The van der Waals surface area contributed by atoms with E-state index in [1.807, 2.05) is 31.2 Å². The maximum atomic E-state index is 12.7. The Balaban J connectivity index is 0.00000208. The first-order chi connectivity index (χ1) is 11.1. The predicted octanol–water partition coefficient (Wildman–Crippen LogP) is 2.03. The Morgan fingerprint density at radius 1 is 1.21 bits per heavy atom. The van der Waals surface area contributed by atoms with E-state index in [0.717, 1.165) is 44.5 Å². The Morgan fingerprint density at radius 3 is 2.62 bits per heavy atom. The molecule has 0 aliphatic carbocycles. The minimum absolute atomic E-state index is 0. The molecule has 24 heavy (non-hydrogen) atoms. The molecular formula is C18H26ClN3O2. The van der Waals surface area contributed by atoms with Gasteiger partial charge in [0, 0.05) is 18.8 Å². The first-order valence-corrected chi connectivity index (χ1v) is 8.54. The SMILES string of the molecule is Cc1ccc(N2CCCC(NC(=O)C3CCCNC3)C2=O)cc1.Cl. The molecule has 2 fully saturated rings. The van der Waals surface area contributed by atoms with Crippen molar-refractivity contribution in [3.63, 3.8) is 0 Å². The Labute approximate surface area is 149 Å². The van der Waals surface area contributed by atoms with Crippen LogP contribution in [0.5, 0.6) is 0 Å². The average molecular weight is 352 g/mol. The highest BCUT2D eigenvalue weighted by molar-refractivity contribution is 6.00. The maximum absolute atomic E-state index is 12.7. The number of nitrogens with one attached hydrogen (secondary N) is 2. The van der Waals surface area contributed by atoms with Crippen molar-refractivity contribution < 1.29 is 9.59 Å². The molecular weight excluding hydrogens is 326 g/mol. The van der Waals surface area contributed by atoms with Crippen LogP contribution in [0.15, 0.2) is 24.3 Å². The molecule has 2 heterocycles. The van der Waals surface area contributed by atoms with E-state index in [1.165, 1.54) is 5.56 Å². The largest absolute Gasteiger partial charge is 0.344 e. The lowest BCUT2D eigenvalue weighted by molar-refractivity contribution is -0.131. The van der Waals surface area contributed by atoms with Gasteiger partial charge in [-0.15, -0.1) is 12.4 Å². The van der Waals surface area contributed by atoms with Crippen LogP contribution in [0, 0.1) is 12.8 Å². The van der Waals surface area contributed by atoms with Crippen molar-refractivity contribution in [3.05, 3.63) is 29.8 Å². The molecule has 3 rings (SSSR count). The highest BCUT2D eigenvalue weighted by Crippen LogP contribution is 2.22. The van der Waals surface area contributed by atoms with Gasteiger partial charge < -0.3 is 15.5 Å². The molecule has 132 valence electrons. The van der Waals surface area contributed by atoms with Gasteiger partial charge in [-0.3, -0.25) is 9.59 Å². The third-order valence-corrected chi connectivity index (χ3v) is 4.77.